The Morgan fingerprint density at radius 3 is 2.18 bits per heavy atom. The number of amides is 2. The Hall–Kier alpha value is -1.96. The lowest BCUT2D eigenvalue weighted by Crippen LogP contribution is -2.32. The van der Waals surface area contributed by atoms with Crippen molar-refractivity contribution in [2.45, 2.75) is 32.1 Å². The summed E-state index contributed by atoms with van der Waals surface area (Å²) in [6.07, 6.45) is -0.167. The topological polar surface area (TPSA) is 110 Å². The van der Waals surface area contributed by atoms with Gasteiger partial charge >= 0.3 is 11.9 Å². The van der Waals surface area contributed by atoms with Crippen LogP contribution in [0.5, 0.6) is 0 Å². The van der Waals surface area contributed by atoms with Crippen LogP contribution in [0, 0.1) is 0 Å². The second-order valence-electron chi connectivity index (χ2n) is 3.36. The molecule has 1 fully saturated rings. The Morgan fingerprint density at radius 2 is 1.65 bits per heavy atom. The first-order valence-electron chi connectivity index (χ1n) is 4.95. The second kappa shape index (κ2) is 5.94. The third-order valence-corrected chi connectivity index (χ3v) is 2.06. The first-order chi connectivity index (χ1) is 8.04. The molecular formula is C9H11NO7. The van der Waals surface area contributed by atoms with Crippen LogP contribution in [0.2, 0.25) is 0 Å². The van der Waals surface area contributed by atoms with E-state index in [0.717, 1.165) is 0 Å². The highest BCUT2D eigenvalue weighted by atomic mass is 17.1. The molecule has 0 aromatic heterocycles. The van der Waals surface area contributed by atoms with Gasteiger partial charge < -0.3 is 9.73 Å². The highest BCUT2D eigenvalue weighted by molar-refractivity contribution is 6.01. The van der Waals surface area contributed by atoms with E-state index in [0.29, 0.717) is 5.06 Å². The van der Waals surface area contributed by atoms with Crippen molar-refractivity contribution in [2.24, 2.45) is 0 Å². The molecule has 1 aliphatic rings. The Kier molecular flexibility index (Phi) is 4.58. The predicted molar refractivity (Wildman–Crippen MR) is 49.8 cm³/mol. The van der Waals surface area contributed by atoms with E-state index in [9.17, 15) is 19.2 Å². The van der Waals surface area contributed by atoms with Gasteiger partial charge in [-0.25, -0.2) is 9.59 Å². The number of hydroxylamine groups is 2. The molecule has 8 heteroatoms. The quantitative estimate of drug-likeness (QED) is 0.405. The van der Waals surface area contributed by atoms with Gasteiger partial charge in [-0.15, -0.1) is 5.06 Å². The molecule has 1 heterocycles. The number of imide groups is 1. The number of carbonyl (C=O) groups is 4. The Labute approximate surface area is 96.0 Å². The summed E-state index contributed by atoms with van der Waals surface area (Å²) >= 11 is 0. The van der Waals surface area contributed by atoms with Crippen LogP contribution in [0.25, 0.3) is 0 Å². The first-order valence-corrected chi connectivity index (χ1v) is 4.95. The van der Waals surface area contributed by atoms with Crippen LogP contribution >= 0.6 is 0 Å². The second-order valence-corrected chi connectivity index (χ2v) is 3.36. The zero-order valence-corrected chi connectivity index (χ0v) is 8.88. The van der Waals surface area contributed by atoms with Gasteiger partial charge in [-0.05, 0) is 6.42 Å². The van der Waals surface area contributed by atoms with Crippen molar-refractivity contribution in [3.05, 3.63) is 0 Å². The van der Waals surface area contributed by atoms with E-state index in [-0.39, 0.29) is 32.1 Å². The fourth-order valence-corrected chi connectivity index (χ4v) is 1.23. The minimum atomic E-state index is -0.869. The molecule has 1 rings (SSSR count). The molecule has 0 aliphatic carbocycles. The van der Waals surface area contributed by atoms with Crippen LogP contribution in [-0.4, -0.2) is 34.1 Å². The minimum absolute atomic E-state index is 0.0307. The third kappa shape index (κ3) is 3.83. The molecule has 0 radical (unpaired) electrons. The minimum Gasteiger partial charge on any atom is -0.330 e. The Balaban J connectivity index is 2.27. The molecule has 0 atom stereocenters. The van der Waals surface area contributed by atoms with Crippen LogP contribution in [0.1, 0.15) is 32.1 Å². The van der Waals surface area contributed by atoms with Gasteiger partial charge in [0.2, 0.25) is 0 Å². The summed E-state index contributed by atoms with van der Waals surface area (Å²) < 4.78 is 0. The van der Waals surface area contributed by atoms with Crippen molar-refractivity contribution in [1.82, 2.24) is 5.06 Å². The normalized spacial score (nSPS) is 15.0. The molecule has 8 nitrogen and oxygen atoms in total. The van der Waals surface area contributed by atoms with E-state index in [1.807, 2.05) is 0 Å². The molecule has 1 aliphatic heterocycles. The van der Waals surface area contributed by atoms with Gasteiger partial charge in [0.05, 0.1) is 0 Å². The summed E-state index contributed by atoms with van der Waals surface area (Å²) in [7, 11) is 0. The van der Waals surface area contributed by atoms with Crippen LogP contribution in [0.15, 0.2) is 0 Å². The van der Waals surface area contributed by atoms with Crippen molar-refractivity contribution in [1.29, 1.82) is 0 Å². The number of hydrogen-bond donors (Lipinski definition) is 1. The van der Waals surface area contributed by atoms with Gasteiger partial charge in [-0.1, -0.05) is 0 Å². The molecule has 0 aromatic rings. The van der Waals surface area contributed by atoms with Crippen molar-refractivity contribution < 1.29 is 34.2 Å². The van der Waals surface area contributed by atoms with Crippen LogP contribution in [-0.2, 0) is 28.9 Å². The molecule has 1 N–H and O–H groups in total. The Bertz CT molecular complexity index is 335. The average Bonchev–Trinajstić information content (AvgIpc) is 2.60. The van der Waals surface area contributed by atoms with Gasteiger partial charge in [-0.3, -0.25) is 9.59 Å². The molecule has 17 heavy (non-hydrogen) atoms. The van der Waals surface area contributed by atoms with Gasteiger partial charge in [0.1, 0.15) is 0 Å². The van der Waals surface area contributed by atoms with Crippen molar-refractivity contribution in [2.75, 3.05) is 0 Å². The van der Waals surface area contributed by atoms with E-state index >= 15 is 0 Å². The maximum atomic E-state index is 11.2. The molecule has 0 saturated carbocycles. The molecular weight excluding hydrogens is 234 g/mol. The van der Waals surface area contributed by atoms with Gasteiger partial charge in [-0.2, -0.15) is 5.26 Å². The van der Waals surface area contributed by atoms with Crippen molar-refractivity contribution >= 4 is 23.8 Å². The van der Waals surface area contributed by atoms with Crippen molar-refractivity contribution in [3.63, 3.8) is 0 Å². The summed E-state index contributed by atoms with van der Waals surface area (Å²) in [5.74, 6) is -2.78. The van der Waals surface area contributed by atoms with Crippen LogP contribution in [0.3, 0.4) is 0 Å². The summed E-state index contributed by atoms with van der Waals surface area (Å²) in [5, 5.41) is 8.37. The Morgan fingerprint density at radius 1 is 1.12 bits per heavy atom. The number of rotatable bonds is 5. The number of hydrogen-bond acceptors (Lipinski definition) is 7. The average molecular weight is 245 g/mol. The standard InChI is InChI=1S/C9H11NO7/c11-6-4-5-7(12)10(6)16-8(13)2-1-3-9(14)17-15/h15H,1-5H2. The van der Waals surface area contributed by atoms with Crippen molar-refractivity contribution in [3.8, 4) is 0 Å². The van der Waals surface area contributed by atoms with Crippen LogP contribution < -0.4 is 0 Å². The van der Waals surface area contributed by atoms with E-state index < -0.39 is 23.8 Å². The molecule has 1 saturated heterocycles. The maximum absolute atomic E-state index is 11.2. The van der Waals surface area contributed by atoms with E-state index in [1.165, 1.54) is 0 Å². The van der Waals surface area contributed by atoms with Gasteiger partial charge in [0, 0.05) is 25.7 Å². The number of carbonyl (C=O) groups excluding carboxylic acids is 4. The summed E-state index contributed by atoms with van der Waals surface area (Å²) in [6, 6.07) is 0. The van der Waals surface area contributed by atoms with Gasteiger partial charge in [0.15, 0.2) is 0 Å². The predicted octanol–water partition coefficient (Wildman–Crippen LogP) is -0.220. The zero-order chi connectivity index (χ0) is 12.8. The molecule has 0 spiro atoms. The maximum Gasteiger partial charge on any atom is 0.342 e. The molecule has 0 bridgehead atoms. The lowest BCUT2D eigenvalue weighted by molar-refractivity contribution is -0.234. The molecule has 94 valence electrons. The van der Waals surface area contributed by atoms with Gasteiger partial charge in [0.25, 0.3) is 11.8 Å². The lowest BCUT2D eigenvalue weighted by atomic mass is 10.2. The first kappa shape index (κ1) is 13.1. The molecule has 2 amide bonds. The molecule has 0 aromatic carbocycles. The SMILES string of the molecule is O=C(CCCC(=O)ON1C(=O)CCC1=O)OO. The third-order valence-electron chi connectivity index (χ3n) is 2.06. The zero-order valence-electron chi connectivity index (χ0n) is 8.88. The fourth-order valence-electron chi connectivity index (χ4n) is 1.23. The highest BCUT2D eigenvalue weighted by Gasteiger charge is 2.32. The van der Waals surface area contributed by atoms with E-state index in [4.69, 9.17) is 5.26 Å². The largest absolute Gasteiger partial charge is 0.342 e. The smallest absolute Gasteiger partial charge is 0.330 e. The summed E-state index contributed by atoms with van der Waals surface area (Å²) in [4.78, 5) is 51.7. The van der Waals surface area contributed by atoms with E-state index in [2.05, 4.69) is 9.73 Å². The lowest BCUT2D eigenvalue weighted by Gasteiger charge is -2.11. The fraction of sp³-hybridized carbons (Fsp3) is 0.556. The van der Waals surface area contributed by atoms with E-state index in [1.54, 1.807) is 0 Å². The van der Waals surface area contributed by atoms with Crippen LogP contribution in [0.4, 0.5) is 0 Å². The monoisotopic (exact) mass is 245 g/mol. The number of nitrogens with zero attached hydrogens (tertiary/aromatic N) is 1. The summed E-state index contributed by atoms with van der Waals surface area (Å²) in [5.41, 5.74) is 0. The highest BCUT2D eigenvalue weighted by Crippen LogP contribution is 2.13. The molecule has 0 unspecified atom stereocenters. The summed E-state index contributed by atoms with van der Waals surface area (Å²) in [6.45, 7) is 0.